The predicted octanol–water partition coefficient (Wildman–Crippen LogP) is 3.00. The van der Waals surface area contributed by atoms with Gasteiger partial charge in [0.05, 0.1) is 5.38 Å². The molecule has 0 fully saturated rings. The molecule has 0 saturated carbocycles. The average Bonchev–Trinajstić information content (AvgIpc) is 2.31. The van der Waals surface area contributed by atoms with Gasteiger partial charge in [0.15, 0.2) is 0 Å². The van der Waals surface area contributed by atoms with Crippen molar-refractivity contribution in [3.8, 4) is 0 Å². The van der Waals surface area contributed by atoms with E-state index in [4.69, 9.17) is 11.6 Å². The summed E-state index contributed by atoms with van der Waals surface area (Å²) in [6, 6.07) is 9.72. The van der Waals surface area contributed by atoms with Crippen LogP contribution in [0.25, 0.3) is 0 Å². The van der Waals surface area contributed by atoms with E-state index in [0.29, 0.717) is 0 Å². The summed E-state index contributed by atoms with van der Waals surface area (Å²) in [5, 5.41) is -0.0390. The van der Waals surface area contributed by atoms with Crippen LogP contribution in [0.4, 0.5) is 0 Å². The summed E-state index contributed by atoms with van der Waals surface area (Å²) in [6.07, 6.45) is 6.03. The Morgan fingerprint density at radius 2 is 1.87 bits per heavy atom. The van der Waals surface area contributed by atoms with E-state index in [1.54, 1.807) is 18.6 Å². The quantitative estimate of drug-likeness (QED) is 0.741. The van der Waals surface area contributed by atoms with E-state index in [-0.39, 0.29) is 5.38 Å². The third-order valence-electron chi connectivity index (χ3n) is 2.18. The molecule has 15 heavy (non-hydrogen) atoms. The molecule has 2 aromatic heterocycles. The smallest absolute Gasteiger partial charge is 0.0641 e. The monoisotopic (exact) mass is 218 g/mol. The summed E-state index contributed by atoms with van der Waals surface area (Å²) in [4.78, 5) is 8.20. The van der Waals surface area contributed by atoms with Crippen molar-refractivity contribution < 1.29 is 0 Å². The van der Waals surface area contributed by atoms with Crippen LogP contribution in [0.15, 0.2) is 48.9 Å². The lowest BCUT2D eigenvalue weighted by Gasteiger charge is -2.08. The summed E-state index contributed by atoms with van der Waals surface area (Å²) in [6.45, 7) is 0. The molecule has 0 aliphatic heterocycles. The van der Waals surface area contributed by atoms with Crippen molar-refractivity contribution in [3.63, 3.8) is 0 Å². The Balaban J connectivity index is 2.08. The fourth-order valence-corrected chi connectivity index (χ4v) is 1.70. The molecule has 2 aromatic rings. The number of alkyl halides is 1. The summed E-state index contributed by atoms with van der Waals surface area (Å²) < 4.78 is 0. The molecule has 1 unspecified atom stereocenters. The predicted molar refractivity (Wildman–Crippen MR) is 60.8 cm³/mol. The molecule has 0 spiro atoms. The maximum atomic E-state index is 6.27. The molecular formula is C12H11ClN2. The van der Waals surface area contributed by atoms with E-state index in [1.807, 2.05) is 30.3 Å². The Morgan fingerprint density at radius 1 is 1.07 bits per heavy atom. The van der Waals surface area contributed by atoms with E-state index in [9.17, 15) is 0 Å². The third-order valence-corrected chi connectivity index (χ3v) is 2.59. The van der Waals surface area contributed by atoms with Crippen LogP contribution < -0.4 is 0 Å². The van der Waals surface area contributed by atoms with Gasteiger partial charge >= 0.3 is 0 Å². The molecule has 0 N–H and O–H groups in total. The zero-order chi connectivity index (χ0) is 10.5. The van der Waals surface area contributed by atoms with Crippen molar-refractivity contribution in [2.45, 2.75) is 11.8 Å². The minimum Gasteiger partial charge on any atom is -0.265 e. The Bertz CT molecular complexity index is 402. The first-order valence-electron chi connectivity index (χ1n) is 4.80. The number of nitrogens with zero attached hydrogens (tertiary/aromatic N) is 2. The highest BCUT2D eigenvalue weighted by molar-refractivity contribution is 6.20. The minimum absolute atomic E-state index is 0.0390. The van der Waals surface area contributed by atoms with Crippen molar-refractivity contribution in [2.24, 2.45) is 0 Å². The lowest BCUT2D eigenvalue weighted by Crippen LogP contribution is -1.97. The molecule has 1 atom stereocenters. The summed E-state index contributed by atoms with van der Waals surface area (Å²) in [7, 11) is 0. The Labute approximate surface area is 94.0 Å². The molecule has 2 heterocycles. The lowest BCUT2D eigenvalue weighted by atomic mass is 10.1. The van der Waals surface area contributed by atoms with Gasteiger partial charge in [0, 0.05) is 30.7 Å². The molecule has 2 nitrogen and oxygen atoms in total. The van der Waals surface area contributed by atoms with Gasteiger partial charge in [0.1, 0.15) is 0 Å². The fourth-order valence-electron chi connectivity index (χ4n) is 1.39. The molecule has 0 bridgehead atoms. The summed E-state index contributed by atoms with van der Waals surface area (Å²) in [5.41, 5.74) is 2.09. The van der Waals surface area contributed by atoms with Crippen LogP contribution >= 0.6 is 11.6 Å². The zero-order valence-electron chi connectivity index (χ0n) is 8.18. The van der Waals surface area contributed by atoms with Crippen molar-refractivity contribution in [1.82, 2.24) is 9.97 Å². The first kappa shape index (κ1) is 10.1. The fraction of sp³-hybridized carbons (Fsp3) is 0.167. The van der Waals surface area contributed by atoms with E-state index in [0.717, 1.165) is 17.7 Å². The van der Waals surface area contributed by atoms with Crippen molar-refractivity contribution >= 4 is 11.6 Å². The van der Waals surface area contributed by atoms with Gasteiger partial charge in [-0.05, 0) is 29.8 Å². The Kier molecular flexibility index (Phi) is 3.30. The van der Waals surface area contributed by atoms with Gasteiger partial charge in [0.2, 0.25) is 0 Å². The Hall–Kier alpha value is -1.41. The molecular weight excluding hydrogens is 208 g/mol. The van der Waals surface area contributed by atoms with Crippen LogP contribution in [0.3, 0.4) is 0 Å². The van der Waals surface area contributed by atoms with Crippen LogP contribution in [0.1, 0.15) is 16.6 Å². The van der Waals surface area contributed by atoms with Crippen LogP contribution in [-0.2, 0) is 6.42 Å². The van der Waals surface area contributed by atoms with Gasteiger partial charge in [-0.1, -0.05) is 6.07 Å². The third kappa shape index (κ3) is 2.77. The highest BCUT2D eigenvalue weighted by Gasteiger charge is 2.08. The number of pyridine rings is 2. The zero-order valence-corrected chi connectivity index (χ0v) is 8.93. The topological polar surface area (TPSA) is 25.8 Å². The Morgan fingerprint density at radius 3 is 2.53 bits per heavy atom. The molecule has 0 aliphatic rings. The van der Waals surface area contributed by atoms with Gasteiger partial charge < -0.3 is 0 Å². The van der Waals surface area contributed by atoms with Gasteiger partial charge in [-0.25, -0.2) is 0 Å². The largest absolute Gasteiger partial charge is 0.265 e. The van der Waals surface area contributed by atoms with E-state index < -0.39 is 0 Å². The molecule has 0 saturated heterocycles. The van der Waals surface area contributed by atoms with Crippen molar-refractivity contribution in [2.75, 3.05) is 0 Å². The molecule has 0 radical (unpaired) electrons. The number of hydrogen-bond donors (Lipinski definition) is 0. The first-order valence-corrected chi connectivity index (χ1v) is 5.24. The molecule has 3 heteroatoms. The van der Waals surface area contributed by atoms with Crippen LogP contribution in [-0.4, -0.2) is 9.97 Å². The normalized spacial score (nSPS) is 12.3. The van der Waals surface area contributed by atoms with Crippen molar-refractivity contribution in [3.05, 3.63) is 60.2 Å². The number of halogens is 1. The molecule has 0 aromatic carbocycles. The highest BCUT2D eigenvalue weighted by Crippen LogP contribution is 2.23. The number of aromatic nitrogens is 2. The van der Waals surface area contributed by atoms with E-state index >= 15 is 0 Å². The molecule has 0 aliphatic carbocycles. The summed E-state index contributed by atoms with van der Waals surface area (Å²) in [5.74, 6) is 0. The standard InChI is InChI=1S/C12H11ClN2/c13-12(10-4-7-14-8-5-10)9-11-3-1-2-6-15-11/h1-8,12H,9H2. The van der Waals surface area contributed by atoms with E-state index in [2.05, 4.69) is 9.97 Å². The van der Waals surface area contributed by atoms with Gasteiger partial charge in [0.25, 0.3) is 0 Å². The molecule has 0 amide bonds. The van der Waals surface area contributed by atoms with Crippen LogP contribution in [0.5, 0.6) is 0 Å². The SMILES string of the molecule is ClC(Cc1ccccn1)c1ccncc1. The van der Waals surface area contributed by atoms with E-state index in [1.165, 1.54) is 0 Å². The van der Waals surface area contributed by atoms with Gasteiger partial charge in [-0.15, -0.1) is 11.6 Å². The minimum atomic E-state index is -0.0390. The summed E-state index contributed by atoms with van der Waals surface area (Å²) >= 11 is 6.27. The second-order valence-corrected chi connectivity index (χ2v) is 3.80. The maximum Gasteiger partial charge on any atom is 0.0641 e. The van der Waals surface area contributed by atoms with Gasteiger partial charge in [-0.3, -0.25) is 9.97 Å². The second kappa shape index (κ2) is 4.89. The number of rotatable bonds is 3. The van der Waals surface area contributed by atoms with Crippen LogP contribution in [0.2, 0.25) is 0 Å². The maximum absolute atomic E-state index is 6.27. The highest BCUT2D eigenvalue weighted by atomic mass is 35.5. The van der Waals surface area contributed by atoms with Gasteiger partial charge in [-0.2, -0.15) is 0 Å². The molecule has 2 rings (SSSR count). The lowest BCUT2D eigenvalue weighted by molar-refractivity contribution is 0.878. The second-order valence-electron chi connectivity index (χ2n) is 3.27. The average molecular weight is 219 g/mol. The molecule has 76 valence electrons. The van der Waals surface area contributed by atoms with Crippen LogP contribution in [0, 0.1) is 0 Å². The first-order chi connectivity index (χ1) is 7.36. The number of hydrogen-bond acceptors (Lipinski definition) is 2. The van der Waals surface area contributed by atoms with Crippen molar-refractivity contribution in [1.29, 1.82) is 0 Å².